The number of anilines is 4. The van der Waals surface area contributed by atoms with Crippen LogP contribution in [-0.2, 0) is 20.4 Å². The van der Waals surface area contributed by atoms with Crippen LogP contribution in [0.3, 0.4) is 0 Å². The van der Waals surface area contributed by atoms with Crippen molar-refractivity contribution >= 4 is 69.6 Å². The zero-order valence-corrected chi connectivity index (χ0v) is 39.7. The molecule has 4 atom stereocenters. The molecule has 2 saturated carbocycles. The van der Waals surface area contributed by atoms with E-state index in [2.05, 4.69) is 36.0 Å². The van der Waals surface area contributed by atoms with Crippen molar-refractivity contribution in [3.05, 3.63) is 189 Å². The van der Waals surface area contributed by atoms with E-state index in [4.69, 9.17) is 23.2 Å². The predicted molar refractivity (Wildman–Crippen MR) is 268 cm³/mol. The second-order valence-corrected chi connectivity index (χ2v) is 20.0. The first-order valence-electron chi connectivity index (χ1n) is 23.5. The zero-order valence-electron chi connectivity index (χ0n) is 38.2. The number of rotatable bonds is 6. The van der Waals surface area contributed by atoms with E-state index in [1.54, 1.807) is 0 Å². The van der Waals surface area contributed by atoms with E-state index in [9.17, 15) is 19.2 Å². The summed E-state index contributed by atoms with van der Waals surface area (Å²) in [5.41, 5.74) is 7.85. The molecular weight excluding hydrogens is 892 g/mol. The number of hydrogen-bond acceptors (Lipinski definition) is 6. The average Bonchev–Trinajstić information content (AvgIpc) is 4.27. The molecule has 2 spiro atoms. The minimum Gasteiger partial charge on any atom is -0.336 e. The number of amides is 4. The van der Waals surface area contributed by atoms with Gasteiger partial charge in [0.15, 0.2) is 0 Å². The monoisotopic (exact) mass is 942 g/mol. The van der Waals surface area contributed by atoms with E-state index in [1.807, 2.05) is 153 Å². The number of hydrogen-bond donors (Lipinski definition) is 0. The third kappa shape index (κ3) is 7.49. The van der Waals surface area contributed by atoms with Crippen molar-refractivity contribution in [1.29, 1.82) is 0 Å². The Bertz CT molecular complexity index is 2770. The molecule has 0 radical (unpaired) electrons. The van der Waals surface area contributed by atoms with Crippen molar-refractivity contribution in [2.75, 3.05) is 76.3 Å². The lowest BCUT2D eigenvalue weighted by atomic mass is 9.92. The van der Waals surface area contributed by atoms with Gasteiger partial charge < -0.3 is 19.6 Å². The summed E-state index contributed by atoms with van der Waals surface area (Å²) in [6.45, 7) is 6.37. The van der Waals surface area contributed by atoms with Crippen LogP contribution in [0.15, 0.2) is 146 Å². The van der Waals surface area contributed by atoms with Crippen LogP contribution in [0.2, 0.25) is 10.0 Å². The number of nitrogens with zero attached hydrogens (tertiary/aromatic N) is 6. The lowest BCUT2D eigenvalue weighted by Gasteiger charge is -2.32. The molecular formula is C56H52Cl2N6O4. The predicted octanol–water partition coefficient (Wildman–Crippen LogP) is 9.66. The van der Waals surface area contributed by atoms with Crippen molar-refractivity contribution in [2.45, 2.75) is 35.5 Å². The Balaban J connectivity index is 0.000000149. The molecule has 4 aliphatic heterocycles. The lowest BCUT2D eigenvalue weighted by Crippen LogP contribution is -2.47. The van der Waals surface area contributed by atoms with Crippen molar-refractivity contribution in [3.8, 4) is 0 Å². The van der Waals surface area contributed by atoms with Crippen LogP contribution in [-0.4, -0.2) is 110 Å². The molecule has 4 amide bonds. The normalized spacial score (nSPS) is 23.9. The summed E-state index contributed by atoms with van der Waals surface area (Å²) in [5.74, 6) is 0.456. The summed E-state index contributed by atoms with van der Waals surface area (Å²) in [6.07, 6.45) is 1.56. The quantitative estimate of drug-likeness (QED) is 0.165. The van der Waals surface area contributed by atoms with Crippen LogP contribution in [0.25, 0.3) is 0 Å². The number of carbonyl (C=O) groups is 4. The van der Waals surface area contributed by atoms with Crippen molar-refractivity contribution in [3.63, 3.8) is 0 Å². The first-order chi connectivity index (χ1) is 33.0. The Kier molecular flexibility index (Phi) is 11.3. The molecule has 6 aromatic rings. The van der Waals surface area contributed by atoms with E-state index in [-0.39, 0.29) is 35.5 Å². The maximum absolute atomic E-state index is 14.0. The molecule has 12 heteroatoms. The van der Waals surface area contributed by atoms with Gasteiger partial charge in [0.1, 0.15) is 0 Å². The van der Waals surface area contributed by atoms with Gasteiger partial charge >= 0.3 is 0 Å². The van der Waals surface area contributed by atoms with E-state index in [1.165, 1.54) is 0 Å². The van der Waals surface area contributed by atoms with Crippen LogP contribution >= 0.6 is 23.2 Å². The number of carbonyl (C=O) groups excluding carboxylic acids is 4. The Hall–Kier alpha value is -6.30. The average molecular weight is 944 g/mol. The minimum absolute atomic E-state index is 0.0232. The minimum atomic E-state index is -0.554. The van der Waals surface area contributed by atoms with Gasteiger partial charge in [0.05, 0.1) is 22.2 Å². The summed E-state index contributed by atoms with van der Waals surface area (Å²) in [6, 6.07) is 46.8. The third-order valence-electron chi connectivity index (χ3n) is 15.2. The van der Waals surface area contributed by atoms with Crippen molar-refractivity contribution in [2.24, 2.45) is 0 Å². The summed E-state index contributed by atoms with van der Waals surface area (Å²) in [4.78, 5) is 66.3. The van der Waals surface area contributed by atoms with E-state index >= 15 is 0 Å². The number of halogens is 2. The molecule has 4 fully saturated rings. The molecule has 6 aliphatic rings. The Morgan fingerprint density at radius 2 is 0.838 bits per heavy atom. The SMILES string of the molecule is CN1CCN(C(=O)c2cccc(N3C(=O)[C@@]4(C[C@H]4c4ccc(Cl)cc4)c4ccccc43)c2)CC1.CN1CCN(C(=O)c2cccc(N3C(=O)[C@]4(C[C@@H]4c4ccc(Cl)cc4)c4ccccc43)c2)CC1. The zero-order chi connectivity index (χ0) is 46.9. The van der Waals surface area contributed by atoms with Gasteiger partial charge in [-0.15, -0.1) is 0 Å². The molecule has 0 unspecified atom stereocenters. The molecule has 68 heavy (non-hydrogen) atoms. The maximum Gasteiger partial charge on any atom is 0.254 e. The summed E-state index contributed by atoms with van der Waals surface area (Å²) < 4.78 is 0. The molecule has 2 aliphatic carbocycles. The summed E-state index contributed by atoms with van der Waals surface area (Å²) in [5, 5.41) is 1.39. The first-order valence-corrected chi connectivity index (χ1v) is 24.3. The second-order valence-electron chi connectivity index (χ2n) is 19.2. The fourth-order valence-electron chi connectivity index (χ4n) is 11.2. The molecule has 12 rings (SSSR count). The number of likely N-dealkylation sites (N-methyl/N-ethyl adjacent to an activating group) is 2. The smallest absolute Gasteiger partial charge is 0.254 e. The van der Waals surface area contributed by atoms with Crippen LogP contribution in [0.5, 0.6) is 0 Å². The number of benzene rings is 6. The van der Waals surface area contributed by atoms with Gasteiger partial charge in [-0.25, -0.2) is 0 Å². The molecule has 344 valence electrons. The highest BCUT2D eigenvalue weighted by Crippen LogP contribution is 2.68. The van der Waals surface area contributed by atoms with Crippen LogP contribution in [0, 0.1) is 0 Å². The van der Waals surface area contributed by atoms with Gasteiger partial charge in [-0.1, -0.05) is 96.0 Å². The van der Waals surface area contributed by atoms with Gasteiger partial charge in [0.2, 0.25) is 11.8 Å². The first kappa shape index (κ1) is 44.2. The molecule has 0 N–H and O–H groups in total. The summed E-state index contributed by atoms with van der Waals surface area (Å²) >= 11 is 12.2. The molecule has 2 saturated heterocycles. The van der Waals surface area contributed by atoms with Gasteiger partial charge in [-0.2, -0.15) is 0 Å². The second kappa shape index (κ2) is 17.3. The summed E-state index contributed by atoms with van der Waals surface area (Å²) in [7, 11) is 4.15. The Morgan fingerprint density at radius 3 is 1.22 bits per heavy atom. The number of para-hydroxylation sites is 2. The fraction of sp³-hybridized carbons (Fsp3) is 0.286. The van der Waals surface area contributed by atoms with Crippen LogP contribution in [0.4, 0.5) is 22.7 Å². The number of fused-ring (bicyclic) bond motifs is 4. The molecule has 10 nitrogen and oxygen atoms in total. The van der Waals surface area contributed by atoms with Gasteiger partial charge in [0.25, 0.3) is 11.8 Å². The molecule has 4 heterocycles. The molecule has 0 aromatic heterocycles. The third-order valence-corrected chi connectivity index (χ3v) is 15.7. The Labute approximate surface area is 407 Å². The van der Waals surface area contributed by atoms with E-state index < -0.39 is 10.8 Å². The highest BCUT2D eigenvalue weighted by atomic mass is 35.5. The van der Waals surface area contributed by atoms with Crippen LogP contribution in [0.1, 0.15) is 67.6 Å². The molecule has 6 aromatic carbocycles. The van der Waals surface area contributed by atoms with Crippen LogP contribution < -0.4 is 9.80 Å². The highest BCUT2D eigenvalue weighted by Gasteiger charge is 2.68. The fourth-order valence-corrected chi connectivity index (χ4v) is 11.4. The maximum atomic E-state index is 14.0. The lowest BCUT2D eigenvalue weighted by molar-refractivity contribution is -0.120. The van der Waals surface area contributed by atoms with E-state index in [0.717, 1.165) is 110 Å². The molecule has 0 bridgehead atoms. The van der Waals surface area contributed by atoms with Gasteiger partial charge in [-0.3, -0.25) is 29.0 Å². The standard InChI is InChI=1S/2C28H26ClN3O2/c2*1-30-13-15-31(16-14-30)26(33)20-5-4-6-22(17-20)32-25-8-3-2-7-23(25)28(27(32)34)18-24(28)19-9-11-21(29)12-10-19/h2*2-12,17,24H,13-16,18H2,1H3/t2*24-,28-/m10/s1. The van der Waals surface area contributed by atoms with Gasteiger partial charge in [0, 0.05) is 96.7 Å². The topological polar surface area (TPSA) is 87.7 Å². The Morgan fingerprint density at radius 1 is 0.471 bits per heavy atom. The highest BCUT2D eigenvalue weighted by molar-refractivity contribution is 6.31. The van der Waals surface area contributed by atoms with Gasteiger partial charge in [-0.05, 0) is 122 Å². The van der Waals surface area contributed by atoms with E-state index in [0.29, 0.717) is 21.2 Å². The largest absolute Gasteiger partial charge is 0.336 e. The van der Waals surface area contributed by atoms with Crippen molar-refractivity contribution < 1.29 is 19.2 Å². The van der Waals surface area contributed by atoms with Crippen molar-refractivity contribution in [1.82, 2.24) is 19.6 Å². The number of piperazine rings is 2.